The third-order valence-corrected chi connectivity index (χ3v) is 9.77. The zero-order valence-corrected chi connectivity index (χ0v) is 33.8. The SMILES string of the molecule is Br.COc1ccc(OCCc2ccc(CN3CCN(C(=O)C=C(C)c4cc(C)c(Oc5ccc(OCc6ccccc6Cl)cn5)c(Cl)c4)CC3)cc2)cc1. The first-order valence-electron chi connectivity index (χ1n) is 17.6. The van der Waals surface area contributed by atoms with Crippen LogP contribution in [0.1, 0.15) is 34.7 Å². The molecule has 0 saturated carbocycles. The number of nitrogens with zero attached hydrogens (tertiary/aromatic N) is 3. The van der Waals surface area contributed by atoms with Crippen LogP contribution in [0.3, 0.4) is 0 Å². The van der Waals surface area contributed by atoms with Crippen molar-refractivity contribution in [3.05, 3.63) is 147 Å². The van der Waals surface area contributed by atoms with Crippen molar-refractivity contribution in [1.29, 1.82) is 0 Å². The molecule has 0 spiro atoms. The molecule has 1 saturated heterocycles. The Balaban J connectivity index is 0.00000561. The normalized spacial score (nSPS) is 13.2. The lowest BCUT2D eigenvalue weighted by Gasteiger charge is -2.34. The van der Waals surface area contributed by atoms with E-state index in [0.29, 0.717) is 53.7 Å². The summed E-state index contributed by atoms with van der Waals surface area (Å²) in [5.41, 5.74) is 5.91. The van der Waals surface area contributed by atoms with Gasteiger partial charge in [0.25, 0.3) is 0 Å². The Kier molecular flexibility index (Phi) is 14.8. The molecular weight excluding hydrogens is 789 g/mol. The number of benzene rings is 4. The van der Waals surface area contributed by atoms with Gasteiger partial charge < -0.3 is 23.8 Å². The molecule has 54 heavy (non-hydrogen) atoms. The van der Waals surface area contributed by atoms with E-state index in [4.69, 9.17) is 42.1 Å². The van der Waals surface area contributed by atoms with Crippen LogP contribution in [-0.2, 0) is 24.4 Å². The number of aryl methyl sites for hydroxylation is 1. The van der Waals surface area contributed by atoms with Crippen LogP contribution in [0.4, 0.5) is 0 Å². The van der Waals surface area contributed by atoms with Crippen molar-refractivity contribution in [2.75, 3.05) is 39.9 Å². The average molecular weight is 834 g/mol. The maximum Gasteiger partial charge on any atom is 0.246 e. The Hall–Kier alpha value is -4.54. The quantitative estimate of drug-likeness (QED) is 0.103. The number of piperazine rings is 1. The first kappa shape index (κ1) is 40.6. The van der Waals surface area contributed by atoms with Crippen molar-refractivity contribution in [2.45, 2.75) is 33.4 Å². The standard InChI is InChI=1S/C43H43Cl2N3O5.BrH/c1-30(35-24-31(2)43(40(45)26-35)53-41-17-16-38(27-46-41)52-29-34-6-4-5-7-39(34)44)25-42(49)48-21-19-47(20-22-48)28-33-10-8-32(9-11-33)18-23-51-37-14-12-36(50-3)13-15-37;/h4-17,24-27H,18-23,28-29H2,1-3H3;1H. The van der Waals surface area contributed by atoms with E-state index in [9.17, 15) is 4.79 Å². The zero-order chi connectivity index (χ0) is 37.2. The summed E-state index contributed by atoms with van der Waals surface area (Å²) in [6.07, 6.45) is 4.13. The summed E-state index contributed by atoms with van der Waals surface area (Å²) in [6.45, 7) is 8.62. The highest BCUT2D eigenvalue weighted by Gasteiger charge is 2.21. The summed E-state index contributed by atoms with van der Waals surface area (Å²) in [4.78, 5) is 22.0. The third kappa shape index (κ3) is 11.2. The van der Waals surface area contributed by atoms with Gasteiger partial charge in [-0.15, -0.1) is 17.0 Å². The van der Waals surface area contributed by atoms with Gasteiger partial charge in [-0.25, -0.2) is 4.98 Å². The van der Waals surface area contributed by atoms with Gasteiger partial charge in [-0.3, -0.25) is 9.69 Å². The lowest BCUT2D eigenvalue weighted by Crippen LogP contribution is -2.47. The molecule has 1 aliphatic heterocycles. The zero-order valence-electron chi connectivity index (χ0n) is 30.6. The van der Waals surface area contributed by atoms with E-state index >= 15 is 0 Å². The van der Waals surface area contributed by atoms with Crippen LogP contribution >= 0.6 is 40.2 Å². The fourth-order valence-corrected chi connectivity index (χ4v) is 6.49. The molecule has 8 nitrogen and oxygen atoms in total. The van der Waals surface area contributed by atoms with Crippen LogP contribution in [0.5, 0.6) is 28.9 Å². The first-order valence-corrected chi connectivity index (χ1v) is 18.3. The van der Waals surface area contributed by atoms with E-state index in [1.807, 2.05) is 79.4 Å². The largest absolute Gasteiger partial charge is 0.497 e. The second-order valence-corrected chi connectivity index (χ2v) is 13.8. The monoisotopic (exact) mass is 831 g/mol. The topological polar surface area (TPSA) is 73.4 Å². The molecule has 0 atom stereocenters. The van der Waals surface area contributed by atoms with Crippen LogP contribution in [-0.4, -0.2) is 60.6 Å². The number of methoxy groups -OCH3 is 1. The lowest BCUT2D eigenvalue weighted by molar-refractivity contribution is -0.127. The van der Waals surface area contributed by atoms with E-state index in [1.165, 1.54) is 11.1 Å². The van der Waals surface area contributed by atoms with E-state index in [0.717, 1.165) is 59.8 Å². The smallest absolute Gasteiger partial charge is 0.246 e. The van der Waals surface area contributed by atoms with Crippen molar-refractivity contribution < 1.29 is 23.7 Å². The van der Waals surface area contributed by atoms with Crippen LogP contribution in [0.15, 0.2) is 109 Å². The number of hydrogen-bond acceptors (Lipinski definition) is 7. The molecule has 0 aliphatic carbocycles. The van der Waals surface area contributed by atoms with Crippen molar-refractivity contribution >= 4 is 51.7 Å². The van der Waals surface area contributed by atoms with Crippen LogP contribution in [0, 0.1) is 6.92 Å². The van der Waals surface area contributed by atoms with E-state index in [2.05, 4.69) is 34.1 Å². The molecule has 282 valence electrons. The molecule has 2 heterocycles. The predicted octanol–water partition coefficient (Wildman–Crippen LogP) is 10.0. The minimum Gasteiger partial charge on any atom is -0.497 e. The molecule has 11 heteroatoms. The molecule has 6 rings (SSSR count). The minimum atomic E-state index is -0.00138. The molecule has 0 radical (unpaired) electrons. The molecule has 0 bridgehead atoms. The molecule has 1 fully saturated rings. The Labute approximate surface area is 338 Å². The van der Waals surface area contributed by atoms with Crippen molar-refractivity contribution in [1.82, 2.24) is 14.8 Å². The number of amides is 1. The van der Waals surface area contributed by atoms with Gasteiger partial charge in [0.1, 0.15) is 23.9 Å². The van der Waals surface area contributed by atoms with E-state index < -0.39 is 0 Å². The number of carbonyl (C=O) groups is 1. The van der Waals surface area contributed by atoms with Gasteiger partial charge >= 0.3 is 0 Å². The Bertz CT molecular complexity index is 1990. The summed E-state index contributed by atoms with van der Waals surface area (Å²) >= 11 is 12.9. The van der Waals surface area contributed by atoms with Gasteiger partial charge in [-0.05, 0) is 90.2 Å². The van der Waals surface area contributed by atoms with Gasteiger partial charge in [0, 0.05) is 61.9 Å². The number of pyridine rings is 1. The van der Waals surface area contributed by atoms with Gasteiger partial charge in [0.15, 0.2) is 5.75 Å². The Morgan fingerprint density at radius 1 is 0.815 bits per heavy atom. The fourth-order valence-electron chi connectivity index (χ4n) is 6.00. The highest BCUT2D eigenvalue weighted by atomic mass is 79.9. The maximum atomic E-state index is 13.3. The number of allylic oxidation sites excluding steroid dienone is 1. The van der Waals surface area contributed by atoms with Gasteiger partial charge in [-0.2, -0.15) is 0 Å². The van der Waals surface area contributed by atoms with Crippen LogP contribution in [0.25, 0.3) is 5.57 Å². The molecule has 1 aromatic heterocycles. The summed E-state index contributed by atoms with van der Waals surface area (Å²) in [6, 6.07) is 31.2. The van der Waals surface area contributed by atoms with E-state index in [1.54, 1.807) is 31.5 Å². The highest BCUT2D eigenvalue weighted by Crippen LogP contribution is 2.35. The number of aromatic nitrogens is 1. The number of carbonyl (C=O) groups excluding carboxylic acids is 1. The highest BCUT2D eigenvalue weighted by molar-refractivity contribution is 8.93. The van der Waals surface area contributed by atoms with E-state index in [-0.39, 0.29) is 22.9 Å². The van der Waals surface area contributed by atoms with Gasteiger partial charge in [-0.1, -0.05) is 65.7 Å². The molecular formula is C43H44BrCl2N3O5. The first-order chi connectivity index (χ1) is 25.7. The second-order valence-electron chi connectivity index (χ2n) is 12.9. The average Bonchev–Trinajstić information content (AvgIpc) is 3.17. The van der Waals surface area contributed by atoms with Crippen LogP contribution in [0.2, 0.25) is 10.0 Å². The van der Waals surface area contributed by atoms with Crippen LogP contribution < -0.4 is 18.9 Å². The fraction of sp³-hybridized carbons (Fsp3) is 0.256. The molecule has 4 aromatic carbocycles. The second kappa shape index (κ2) is 19.7. The summed E-state index contributed by atoms with van der Waals surface area (Å²) < 4.78 is 23.0. The number of hydrogen-bond donors (Lipinski definition) is 0. The van der Waals surface area contributed by atoms with Gasteiger partial charge in [0.05, 0.1) is 24.9 Å². The lowest BCUT2D eigenvalue weighted by atomic mass is 10.0. The minimum absolute atomic E-state index is 0. The van der Waals surface area contributed by atoms with Crippen molar-refractivity contribution in [3.8, 4) is 28.9 Å². The molecule has 0 unspecified atom stereocenters. The molecule has 5 aromatic rings. The number of rotatable bonds is 14. The predicted molar refractivity (Wildman–Crippen MR) is 221 cm³/mol. The molecule has 0 N–H and O–H groups in total. The number of halogens is 3. The van der Waals surface area contributed by atoms with Crippen molar-refractivity contribution in [2.24, 2.45) is 0 Å². The Morgan fingerprint density at radius 3 is 2.17 bits per heavy atom. The maximum absolute atomic E-state index is 13.3. The molecule has 1 aliphatic rings. The Morgan fingerprint density at radius 2 is 1.50 bits per heavy atom. The van der Waals surface area contributed by atoms with Gasteiger partial charge in [0.2, 0.25) is 11.8 Å². The summed E-state index contributed by atoms with van der Waals surface area (Å²) in [5, 5.41) is 1.09. The third-order valence-electron chi connectivity index (χ3n) is 9.12. The van der Waals surface area contributed by atoms with Crippen molar-refractivity contribution in [3.63, 3.8) is 0 Å². The summed E-state index contributed by atoms with van der Waals surface area (Å²) in [7, 11) is 1.65. The number of ether oxygens (including phenoxy) is 4. The molecule has 1 amide bonds. The summed E-state index contributed by atoms with van der Waals surface area (Å²) in [5.74, 6) is 3.14.